The number of rotatable bonds is 2. The van der Waals surface area contributed by atoms with Crippen LogP contribution in [-0.2, 0) is 0 Å². The van der Waals surface area contributed by atoms with Crippen LogP contribution in [0.15, 0.2) is 22.7 Å². The first-order valence-corrected chi connectivity index (χ1v) is 7.22. The normalized spacial score (nSPS) is 25.5. The lowest BCUT2D eigenvalue weighted by Gasteiger charge is -2.18. The van der Waals surface area contributed by atoms with Crippen molar-refractivity contribution in [3.63, 3.8) is 0 Å². The second-order valence-electron chi connectivity index (χ2n) is 3.74. The maximum absolute atomic E-state index is 6.04. The van der Waals surface area contributed by atoms with Crippen LogP contribution in [0.5, 0.6) is 0 Å². The van der Waals surface area contributed by atoms with Crippen molar-refractivity contribution in [1.29, 1.82) is 0 Å². The molecule has 0 bridgehead atoms. The minimum absolute atomic E-state index is 0.576. The third-order valence-corrected chi connectivity index (χ3v) is 5.21. The van der Waals surface area contributed by atoms with Gasteiger partial charge in [-0.25, -0.2) is 0 Å². The second-order valence-corrected chi connectivity index (χ2v) is 6.49. The SMILES string of the molecule is CC1SCCC1Nc1ccc(Br)c(Cl)c1. The largest absolute Gasteiger partial charge is 0.381 e. The fourth-order valence-corrected chi connectivity index (χ4v) is 3.35. The lowest BCUT2D eigenvalue weighted by Crippen LogP contribution is -2.24. The van der Waals surface area contributed by atoms with Gasteiger partial charge in [0.25, 0.3) is 0 Å². The number of thioether (sulfide) groups is 1. The third kappa shape index (κ3) is 2.83. The van der Waals surface area contributed by atoms with Crippen molar-refractivity contribution in [2.45, 2.75) is 24.6 Å². The van der Waals surface area contributed by atoms with Gasteiger partial charge in [0, 0.05) is 21.5 Å². The van der Waals surface area contributed by atoms with E-state index in [0.717, 1.165) is 15.2 Å². The van der Waals surface area contributed by atoms with Gasteiger partial charge < -0.3 is 5.32 Å². The highest BCUT2D eigenvalue weighted by Crippen LogP contribution is 2.31. The second kappa shape index (κ2) is 4.98. The molecule has 1 aromatic rings. The molecule has 1 heterocycles. The predicted octanol–water partition coefficient (Wildman–Crippen LogP) is 4.41. The molecule has 2 atom stereocenters. The summed E-state index contributed by atoms with van der Waals surface area (Å²) in [6.07, 6.45) is 1.24. The lowest BCUT2D eigenvalue weighted by molar-refractivity contribution is 0.724. The van der Waals surface area contributed by atoms with Gasteiger partial charge in [-0.05, 0) is 46.3 Å². The highest BCUT2D eigenvalue weighted by molar-refractivity contribution is 9.10. The van der Waals surface area contributed by atoms with Gasteiger partial charge >= 0.3 is 0 Å². The van der Waals surface area contributed by atoms with Crippen molar-refractivity contribution in [3.05, 3.63) is 27.7 Å². The Kier molecular flexibility index (Phi) is 3.86. The molecule has 1 N–H and O–H groups in total. The highest BCUT2D eigenvalue weighted by atomic mass is 79.9. The summed E-state index contributed by atoms with van der Waals surface area (Å²) < 4.78 is 0.948. The Morgan fingerprint density at radius 1 is 1.53 bits per heavy atom. The summed E-state index contributed by atoms with van der Waals surface area (Å²) in [5.41, 5.74) is 1.11. The van der Waals surface area contributed by atoms with E-state index in [-0.39, 0.29) is 0 Å². The minimum Gasteiger partial charge on any atom is -0.381 e. The van der Waals surface area contributed by atoms with Crippen LogP contribution < -0.4 is 5.32 Å². The molecule has 0 saturated carbocycles. The molecule has 15 heavy (non-hydrogen) atoms. The molecule has 2 unspecified atom stereocenters. The Balaban J connectivity index is 2.07. The molecule has 0 aliphatic carbocycles. The zero-order chi connectivity index (χ0) is 10.8. The summed E-state index contributed by atoms with van der Waals surface area (Å²) in [5, 5.41) is 4.98. The van der Waals surface area contributed by atoms with Crippen molar-refractivity contribution >= 4 is 45.0 Å². The van der Waals surface area contributed by atoms with Gasteiger partial charge in [0.05, 0.1) is 5.02 Å². The number of halogens is 2. The standard InChI is InChI=1S/C11H13BrClNS/c1-7-11(4-5-15-7)14-8-2-3-9(12)10(13)6-8/h2-3,6-7,11,14H,4-5H2,1H3. The van der Waals surface area contributed by atoms with Crippen molar-refractivity contribution in [2.24, 2.45) is 0 Å². The highest BCUT2D eigenvalue weighted by Gasteiger charge is 2.23. The van der Waals surface area contributed by atoms with Crippen molar-refractivity contribution < 1.29 is 0 Å². The Hall–Kier alpha value is 0.140. The molecule has 0 spiro atoms. The van der Waals surface area contributed by atoms with E-state index < -0.39 is 0 Å². The average Bonchev–Trinajstić information content (AvgIpc) is 2.59. The van der Waals surface area contributed by atoms with Crippen LogP contribution in [-0.4, -0.2) is 17.0 Å². The lowest BCUT2D eigenvalue weighted by atomic mass is 10.1. The molecule has 1 fully saturated rings. The van der Waals surface area contributed by atoms with E-state index >= 15 is 0 Å². The van der Waals surface area contributed by atoms with Gasteiger partial charge in [-0.3, -0.25) is 0 Å². The fraction of sp³-hybridized carbons (Fsp3) is 0.455. The summed E-state index contributed by atoms with van der Waals surface area (Å²) in [6, 6.07) is 6.59. The molecule has 1 aliphatic rings. The van der Waals surface area contributed by atoms with Crippen LogP contribution in [0, 0.1) is 0 Å². The molecular formula is C11H13BrClNS. The molecule has 1 aliphatic heterocycles. The van der Waals surface area contributed by atoms with E-state index in [1.807, 2.05) is 23.9 Å². The van der Waals surface area contributed by atoms with E-state index in [0.29, 0.717) is 11.3 Å². The fourth-order valence-electron chi connectivity index (χ4n) is 1.72. The van der Waals surface area contributed by atoms with E-state index in [9.17, 15) is 0 Å². The smallest absolute Gasteiger partial charge is 0.0568 e. The molecule has 4 heteroatoms. The van der Waals surface area contributed by atoms with Crippen LogP contribution in [0.3, 0.4) is 0 Å². The summed E-state index contributed by atoms with van der Waals surface area (Å²) in [6.45, 7) is 2.27. The minimum atomic E-state index is 0.576. The van der Waals surface area contributed by atoms with E-state index in [4.69, 9.17) is 11.6 Å². The molecule has 2 rings (SSSR count). The molecular weight excluding hydrogens is 294 g/mol. The molecule has 1 aromatic carbocycles. The van der Waals surface area contributed by atoms with E-state index in [1.54, 1.807) is 0 Å². The maximum atomic E-state index is 6.04. The topological polar surface area (TPSA) is 12.0 Å². The van der Waals surface area contributed by atoms with Gasteiger partial charge in [-0.2, -0.15) is 11.8 Å². The van der Waals surface area contributed by atoms with Crippen LogP contribution in [0.2, 0.25) is 5.02 Å². The predicted molar refractivity (Wildman–Crippen MR) is 73.1 cm³/mol. The van der Waals surface area contributed by atoms with Crippen LogP contribution in [0.25, 0.3) is 0 Å². The Labute approximate surface area is 108 Å². The average molecular weight is 307 g/mol. The number of hydrogen-bond donors (Lipinski definition) is 1. The molecule has 1 nitrogen and oxygen atoms in total. The number of anilines is 1. The maximum Gasteiger partial charge on any atom is 0.0568 e. The molecule has 1 saturated heterocycles. The van der Waals surface area contributed by atoms with Crippen molar-refractivity contribution in [3.8, 4) is 0 Å². The summed E-state index contributed by atoms with van der Waals surface area (Å²) in [7, 11) is 0. The Morgan fingerprint density at radius 3 is 2.93 bits per heavy atom. The molecule has 0 amide bonds. The van der Waals surface area contributed by atoms with Gasteiger partial charge in [0.2, 0.25) is 0 Å². The van der Waals surface area contributed by atoms with Gasteiger partial charge in [0.1, 0.15) is 0 Å². The summed E-state index contributed by atoms with van der Waals surface area (Å²) in [5.74, 6) is 1.25. The molecule has 0 aromatic heterocycles. The molecule has 0 radical (unpaired) electrons. The zero-order valence-electron chi connectivity index (χ0n) is 8.47. The van der Waals surface area contributed by atoms with Gasteiger partial charge in [-0.1, -0.05) is 18.5 Å². The first kappa shape index (κ1) is 11.6. The Bertz CT molecular complexity index is 358. The van der Waals surface area contributed by atoms with Crippen molar-refractivity contribution in [1.82, 2.24) is 0 Å². The number of benzene rings is 1. The number of nitrogens with one attached hydrogen (secondary N) is 1. The van der Waals surface area contributed by atoms with Crippen LogP contribution >= 0.6 is 39.3 Å². The van der Waals surface area contributed by atoms with E-state index in [2.05, 4.69) is 34.2 Å². The van der Waals surface area contributed by atoms with Crippen LogP contribution in [0.1, 0.15) is 13.3 Å². The first-order chi connectivity index (χ1) is 7.16. The van der Waals surface area contributed by atoms with E-state index in [1.165, 1.54) is 12.2 Å². The van der Waals surface area contributed by atoms with Gasteiger partial charge in [-0.15, -0.1) is 0 Å². The monoisotopic (exact) mass is 305 g/mol. The zero-order valence-corrected chi connectivity index (χ0v) is 11.6. The summed E-state index contributed by atoms with van der Waals surface area (Å²) in [4.78, 5) is 0. The third-order valence-electron chi connectivity index (χ3n) is 2.65. The summed E-state index contributed by atoms with van der Waals surface area (Å²) >= 11 is 11.5. The molecule has 82 valence electrons. The first-order valence-electron chi connectivity index (χ1n) is 5.00. The van der Waals surface area contributed by atoms with Crippen molar-refractivity contribution in [2.75, 3.05) is 11.1 Å². The van der Waals surface area contributed by atoms with Crippen LogP contribution in [0.4, 0.5) is 5.69 Å². The number of hydrogen-bond acceptors (Lipinski definition) is 2. The van der Waals surface area contributed by atoms with Gasteiger partial charge in [0.15, 0.2) is 0 Å². The quantitative estimate of drug-likeness (QED) is 0.868. The Morgan fingerprint density at radius 2 is 2.33 bits per heavy atom.